The van der Waals surface area contributed by atoms with Crippen molar-refractivity contribution in [3.8, 4) is 11.1 Å². The Labute approximate surface area is 125 Å². The highest BCUT2D eigenvalue weighted by atomic mass is 35.5. The molecule has 5 nitrogen and oxygen atoms in total. The molecule has 3 aromatic rings. The minimum Gasteiger partial charge on any atom is -0.368 e. The molecule has 1 heterocycles. The molecule has 0 fully saturated rings. The van der Waals surface area contributed by atoms with E-state index in [9.17, 15) is 4.39 Å². The lowest BCUT2D eigenvalue weighted by Crippen LogP contribution is -1.93. The standard InChI is InChI=1S/C14H11ClFN5/c15-12-7-10(18-14-19-13(17)20-21-14)5-6-11(12)8-1-3-9(16)4-2-8/h1-7H,(H4,17,18,19,20,21). The molecule has 0 bridgehead atoms. The summed E-state index contributed by atoms with van der Waals surface area (Å²) in [6.45, 7) is 0. The second kappa shape index (κ2) is 5.41. The summed E-state index contributed by atoms with van der Waals surface area (Å²) in [6.07, 6.45) is 0. The van der Waals surface area contributed by atoms with E-state index in [4.69, 9.17) is 17.3 Å². The number of hydrogen-bond donors (Lipinski definition) is 3. The van der Waals surface area contributed by atoms with E-state index in [1.807, 2.05) is 12.1 Å². The van der Waals surface area contributed by atoms with Crippen LogP contribution in [0.2, 0.25) is 5.02 Å². The van der Waals surface area contributed by atoms with Crippen LogP contribution < -0.4 is 11.1 Å². The molecule has 7 heteroatoms. The molecule has 0 aliphatic carbocycles. The van der Waals surface area contributed by atoms with Gasteiger partial charge in [-0.15, -0.1) is 5.10 Å². The first-order chi connectivity index (χ1) is 10.1. The maximum absolute atomic E-state index is 12.9. The van der Waals surface area contributed by atoms with Crippen LogP contribution in [0.5, 0.6) is 0 Å². The minimum atomic E-state index is -0.282. The fourth-order valence-corrected chi connectivity index (χ4v) is 2.21. The van der Waals surface area contributed by atoms with Crippen molar-refractivity contribution in [2.45, 2.75) is 0 Å². The van der Waals surface area contributed by atoms with E-state index in [0.29, 0.717) is 11.0 Å². The van der Waals surface area contributed by atoms with Crippen molar-refractivity contribution in [1.29, 1.82) is 0 Å². The van der Waals surface area contributed by atoms with Gasteiger partial charge in [0.2, 0.25) is 11.9 Å². The van der Waals surface area contributed by atoms with Gasteiger partial charge in [-0.05, 0) is 29.8 Å². The zero-order valence-electron chi connectivity index (χ0n) is 10.8. The molecule has 4 N–H and O–H groups in total. The number of H-pyrrole nitrogens is 1. The van der Waals surface area contributed by atoms with Gasteiger partial charge in [-0.3, -0.25) is 0 Å². The Morgan fingerprint density at radius 1 is 1.14 bits per heavy atom. The van der Waals surface area contributed by atoms with Crippen molar-refractivity contribution in [3.05, 3.63) is 53.3 Å². The first-order valence-corrected chi connectivity index (χ1v) is 6.50. The van der Waals surface area contributed by atoms with Gasteiger partial charge in [0, 0.05) is 11.3 Å². The molecule has 1 aromatic heterocycles. The summed E-state index contributed by atoms with van der Waals surface area (Å²) in [5.41, 5.74) is 7.83. The molecule has 21 heavy (non-hydrogen) atoms. The summed E-state index contributed by atoms with van der Waals surface area (Å²) in [5.74, 6) is 0.306. The number of benzene rings is 2. The van der Waals surface area contributed by atoms with Crippen LogP contribution in [-0.4, -0.2) is 15.2 Å². The van der Waals surface area contributed by atoms with Gasteiger partial charge in [-0.25, -0.2) is 9.49 Å². The highest BCUT2D eigenvalue weighted by molar-refractivity contribution is 6.33. The second-order valence-corrected chi connectivity index (χ2v) is 4.78. The fourth-order valence-electron chi connectivity index (χ4n) is 1.92. The van der Waals surface area contributed by atoms with Gasteiger partial charge < -0.3 is 11.1 Å². The van der Waals surface area contributed by atoms with E-state index in [1.165, 1.54) is 12.1 Å². The summed E-state index contributed by atoms with van der Waals surface area (Å²) in [6, 6.07) is 11.6. The minimum absolute atomic E-state index is 0.228. The molecule has 0 radical (unpaired) electrons. The number of anilines is 3. The SMILES string of the molecule is Nc1nc(Nc2ccc(-c3ccc(F)cc3)c(Cl)c2)n[nH]1. The third-order valence-electron chi connectivity index (χ3n) is 2.88. The van der Waals surface area contributed by atoms with Gasteiger partial charge >= 0.3 is 0 Å². The summed E-state index contributed by atoms with van der Waals surface area (Å²) >= 11 is 6.27. The molecule has 106 valence electrons. The topological polar surface area (TPSA) is 79.6 Å². The summed E-state index contributed by atoms with van der Waals surface area (Å²) in [4.78, 5) is 3.94. The molecule has 2 aromatic carbocycles. The maximum atomic E-state index is 12.9. The van der Waals surface area contributed by atoms with Crippen molar-refractivity contribution < 1.29 is 4.39 Å². The predicted molar refractivity (Wildman–Crippen MR) is 80.9 cm³/mol. The molecule has 3 rings (SSSR count). The van der Waals surface area contributed by atoms with Crippen LogP contribution in [0.15, 0.2) is 42.5 Å². The molecule has 0 aliphatic rings. The van der Waals surface area contributed by atoms with Crippen LogP contribution in [0.1, 0.15) is 0 Å². The molecule has 0 atom stereocenters. The Bertz CT molecular complexity index is 769. The first-order valence-electron chi connectivity index (χ1n) is 6.12. The average Bonchev–Trinajstić information content (AvgIpc) is 2.86. The van der Waals surface area contributed by atoms with Crippen LogP contribution in [0.3, 0.4) is 0 Å². The molecular formula is C14H11ClFN5. The van der Waals surface area contributed by atoms with E-state index in [2.05, 4.69) is 20.5 Å². The molecule has 0 amide bonds. The van der Waals surface area contributed by atoms with Gasteiger partial charge in [0.1, 0.15) is 5.82 Å². The molecule has 0 spiro atoms. The summed E-state index contributed by atoms with van der Waals surface area (Å²) < 4.78 is 12.9. The van der Waals surface area contributed by atoms with Crippen molar-refractivity contribution >= 4 is 29.2 Å². The second-order valence-electron chi connectivity index (χ2n) is 4.37. The lowest BCUT2D eigenvalue weighted by atomic mass is 10.1. The van der Waals surface area contributed by atoms with E-state index >= 15 is 0 Å². The number of hydrogen-bond acceptors (Lipinski definition) is 4. The fraction of sp³-hybridized carbons (Fsp3) is 0. The molecule has 0 saturated carbocycles. The van der Waals surface area contributed by atoms with E-state index in [1.54, 1.807) is 18.2 Å². The van der Waals surface area contributed by atoms with Crippen LogP contribution in [-0.2, 0) is 0 Å². The van der Waals surface area contributed by atoms with E-state index in [-0.39, 0.29) is 11.8 Å². The number of aromatic amines is 1. The van der Waals surface area contributed by atoms with E-state index < -0.39 is 0 Å². The van der Waals surface area contributed by atoms with E-state index in [0.717, 1.165) is 16.8 Å². The lowest BCUT2D eigenvalue weighted by molar-refractivity contribution is 0.628. The normalized spacial score (nSPS) is 10.6. The van der Waals surface area contributed by atoms with Gasteiger partial charge in [0.15, 0.2) is 0 Å². The van der Waals surface area contributed by atoms with Gasteiger partial charge in [0.05, 0.1) is 5.02 Å². The number of nitrogens with two attached hydrogens (primary N) is 1. The van der Waals surface area contributed by atoms with Gasteiger partial charge in [0.25, 0.3) is 0 Å². The number of nitrogens with one attached hydrogen (secondary N) is 2. The lowest BCUT2D eigenvalue weighted by Gasteiger charge is -2.08. The Morgan fingerprint density at radius 2 is 1.90 bits per heavy atom. The smallest absolute Gasteiger partial charge is 0.248 e. The third kappa shape index (κ3) is 2.95. The van der Waals surface area contributed by atoms with Crippen molar-refractivity contribution in [2.75, 3.05) is 11.1 Å². The quantitative estimate of drug-likeness (QED) is 0.691. The van der Waals surface area contributed by atoms with Crippen LogP contribution in [0, 0.1) is 5.82 Å². The monoisotopic (exact) mass is 303 g/mol. The zero-order valence-corrected chi connectivity index (χ0v) is 11.5. The Balaban J connectivity index is 1.87. The Kier molecular flexibility index (Phi) is 3.45. The number of halogens is 2. The number of aromatic nitrogens is 3. The number of rotatable bonds is 3. The first kappa shape index (κ1) is 13.4. The highest BCUT2D eigenvalue weighted by Gasteiger charge is 2.07. The van der Waals surface area contributed by atoms with Crippen molar-refractivity contribution in [3.63, 3.8) is 0 Å². The Morgan fingerprint density at radius 3 is 2.52 bits per heavy atom. The number of nitrogen functional groups attached to an aromatic ring is 1. The van der Waals surface area contributed by atoms with Gasteiger partial charge in [-0.1, -0.05) is 29.8 Å². The van der Waals surface area contributed by atoms with Crippen LogP contribution in [0.25, 0.3) is 11.1 Å². The number of nitrogens with zero attached hydrogens (tertiary/aromatic N) is 2. The molecule has 0 unspecified atom stereocenters. The van der Waals surface area contributed by atoms with Crippen molar-refractivity contribution in [2.24, 2.45) is 0 Å². The average molecular weight is 304 g/mol. The molecule has 0 aliphatic heterocycles. The third-order valence-corrected chi connectivity index (χ3v) is 3.20. The van der Waals surface area contributed by atoms with Crippen LogP contribution >= 0.6 is 11.6 Å². The molecular weight excluding hydrogens is 293 g/mol. The Hall–Kier alpha value is -2.60. The summed E-state index contributed by atoms with van der Waals surface area (Å²) in [7, 11) is 0. The van der Waals surface area contributed by atoms with Crippen LogP contribution in [0.4, 0.5) is 22.0 Å². The van der Waals surface area contributed by atoms with Crippen molar-refractivity contribution in [1.82, 2.24) is 15.2 Å². The molecule has 0 saturated heterocycles. The van der Waals surface area contributed by atoms with Gasteiger partial charge in [-0.2, -0.15) is 4.98 Å². The predicted octanol–water partition coefficient (Wildman–Crippen LogP) is 3.59. The highest BCUT2D eigenvalue weighted by Crippen LogP contribution is 2.31. The largest absolute Gasteiger partial charge is 0.368 e. The zero-order chi connectivity index (χ0) is 14.8. The maximum Gasteiger partial charge on any atom is 0.248 e. The summed E-state index contributed by atoms with van der Waals surface area (Å²) in [5, 5.41) is 9.92.